The van der Waals surface area contributed by atoms with Gasteiger partial charge in [-0.05, 0) is 45.0 Å². The van der Waals surface area contributed by atoms with Crippen molar-refractivity contribution in [3.8, 4) is 0 Å². The molecule has 1 rings (SSSR count). The second kappa shape index (κ2) is 6.56. The average Bonchev–Trinajstić information content (AvgIpc) is 2.28. The van der Waals surface area contributed by atoms with Crippen molar-refractivity contribution in [3.63, 3.8) is 0 Å². The van der Waals surface area contributed by atoms with Crippen LogP contribution in [0.4, 0.5) is 5.69 Å². The van der Waals surface area contributed by atoms with Crippen molar-refractivity contribution in [1.29, 1.82) is 0 Å². The second-order valence-corrected chi connectivity index (χ2v) is 5.76. The molecule has 2 N–H and O–H groups in total. The van der Waals surface area contributed by atoms with Crippen molar-refractivity contribution in [3.05, 3.63) is 24.0 Å². The van der Waals surface area contributed by atoms with Crippen LogP contribution in [0.2, 0.25) is 0 Å². The van der Waals surface area contributed by atoms with Gasteiger partial charge in [-0.15, -0.1) is 0 Å². The molecule has 0 amide bonds. The highest BCUT2D eigenvalue weighted by molar-refractivity contribution is 7.92. The molecular formula is C11H19N3O2S. The molecule has 17 heavy (non-hydrogen) atoms. The first-order valence-corrected chi connectivity index (χ1v) is 7.26. The number of pyridine rings is 1. The first-order valence-electron chi connectivity index (χ1n) is 5.61. The predicted molar refractivity (Wildman–Crippen MR) is 69.5 cm³/mol. The zero-order chi connectivity index (χ0) is 12.7. The van der Waals surface area contributed by atoms with Crippen molar-refractivity contribution in [2.45, 2.75) is 19.8 Å². The number of aromatic nitrogens is 1. The number of nitrogens with one attached hydrogen (secondary N) is 2. The van der Waals surface area contributed by atoms with E-state index in [9.17, 15) is 8.42 Å². The van der Waals surface area contributed by atoms with E-state index in [2.05, 4.69) is 15.0 Å². The summed E-state index contributed by atoms with van der Waals surface area (Å²) < 4.78 is 26.1. The van der Waals surface area contributed by atoms with Crippen LogP contribution in [0.25, 0.3) is 0 Å². The van der Waals surface area contributed by atoms with Gasteiger partial charge in [0, 0.05) is 6.20 Å². The number of unbranched alkanes of at least 4 members (excludes halogenated alkanes) is 1. The maximum absolute atomic E-state index is 11.8. The van der Waals surface area contributed by atoms with Gasteiger partial charge in [0.1, 0.15) is 0 Å². The van der Waals surface area contributed by atoms with E-state index in [-0.39, 0.29) is 5.75 Å². The molecule has 6 heteroatoms. The third kappa shape index (κ3) is 5.14. The fourth-order valence-electron chi connectivity index (χ4n) is 1.38. The van der Waals surface area contributed by atoms with Gasteiger partial charge in [-0.2, -0.15) is 0 Å². The Morgan fingerprint density at radius 1 is 1.35 bits per heavy atom. The highest BCUT2D eigenvalue weighted by Crippen LogP contribution is 2.13. The maximum Gasteiger partial charge on any atom is 0.232 e. The van der Waals surface area contributed by atoms with Gasteiger partial charge in [-0.1, -0.05) is 0 Å². The molecule has 1 heterocycles. The molecule has 0 saturated carbocycles. The summed E-state index contributed by atoms with van der Waals surface area (Å²) in [5.74, 6) is 0.142. The Kier molecular flexibility index (Phi) is 5.37. The fraction of sp³-hybridized carbons (Fsp3) is 0.545. The molecule has 0 unspecified atom stereocenters. The van der Waals surface area contributed by atoms with E-state index < -0.39 is 10.0 Å². The number of hydrogen-bond donors (Lipinski definition) is 2. The summed E-state index contributed by atoms with van der Waals surface area (Å²) in [5, 5.41) is 2.99. The Bertz CT molecular complexity index is 446. The Labute approximate surface area is 103 Å². The molecule has 1 aromatic heterocycles. The molecule has 0 aliphatic heterocycles. The molecule has 0 aliphatic rings. The Morgan fingerprint density at radius 3 is 2.76 bits per heavy atom. The normalized spacial score (nSPS) is 11.4. The van der Waals surface area contributed by atoms with E-state index in [1.54, 1.807) is 12.3 Å². The number of rotatable bonds is 7. The van der Waals surface area contributed by atoms with Gasteiger partial charge in [0.25, 0.3) is 0 Å². The van der Waals surface area contributed by atoms with Gasteiger partial charge in [-0.3, -0.25) is 9.71 Å². The summed E-state index contributed by atoms with van der Waals surface area (Å²) in [6.45, 7) is 2.68. The highest BCUT2D eigenvalue weighted by Gasteiger charge is 2.11. The second-order valence-electron chi connectivity index (χ2n) is 3.92. The van der Waals surface area contributed by atoms with Crippen LogP contribution in [-0.2, 0) is 10.0 Å². The predicted octanol–water partition coefficient (Wildman–Crippen LogP) is 1.13. The van der Waals surface area contributed by atoms with Crippen molar-refractivity contribution in [2.24, 2.45) is 0 Å². The SMILES string of the molecule is CNCCCCS(=O)(=O)Nc1cnccc1C. The molecule has 0 saturated heterocycles. The highest BCUT2D eigenvalue weighted by atomic mass is 32.2. The topological polar surface area (TPSA) is 71.1 Å². The molecule has 96 valence electrons. The summed E-state index contributed by atoms with van der Waals surface area (Å²) in [6, 6.07) is 1.78. The lowest BCUT2D eigenvalue weighted by Gasteiger charge is -2.09. The Balaban J connectivity index is 2.52. The molecular weight excluding hydrogens is 238 g/mol. The minimum atomic E-state index is -3.26. The third-order valence-corrected chi connectivity index (χ3v) is 3.75. The monoisotopic (exact) mass is 257 g/mol. The molecule has 0 spiro atoms. The van der Waals surface area contributed by atoms with Crippen molar-refractivity contribution >= 4 is 15.7 Å². The lowest BCUT2D eigenvalue weighted by molar-refractivity contribution is 0.595. The minimum absolute atomic E-state index is 0.142. The van der Waals surface area contributed by atoms with Crippen LogP contribution in [0.1, 0.15) is 18.4 Å². The molecule has 0 radical (unpaired) electrons. The number of anilines is 1. The zero-order valence-electron chi connectivity index (χ0n) is 10.2. The van der Waals surface area contributed by atoms with Crippen LogP contribution in [0.15, 0.2) is 18.5 Å². The first kappa shape index (κ1) is 13.9. The molecule has 0 aromatic carbocycles. The summed E-state index contributed by atoms with van der Waals surface area (Å²) in [6.07, 6.45) is 4.67. The number of sulfonamides is 1. The molecule has 5 nitrogen and oxygen atoms in total. The van der Waals surface area contributed by atoms with E-state index in [1.165, 1.54) is 6.20 Å². The summed E-state index contributed by atoms with van der Waals surface area (Å²) in [7, 11) is -1.40. The molecule has 0 atom stereocenters. The molecule has 0 fully saturated rings. The van der Waals surface area contributed by atoms with Gasteiger partial charge in [0.2, 0.25) is 10.0 Å². The van der Waals surface area contributed by atoms with Crippen molar-refractivity contribution in [1.82, 2.24) is 10.3 Å². The van der Waals surface area contributed by atoms with Gasteiger partial charge in [-0.25, -0.2) is 8.42 Å². The quantitative estimate of drug-likeness (QED) is 0.718. The van der Waals surface area contributed by atoms with E-state index in [4.69, 9.17) is 0 Å². The first-order chi connectivity index (χ1) is 8.05. The van der Waals surface area contributed by atoms with Crippen molar-refractivity contribution in [2.75, 3.05) is 24.1 Å². The van der Waals surface area contributed by atoms with E-state index in [1.807, 2.05) is 14.0 Å². The van der Waals surface area contributed by atoms with Crippen LogP contribution < -0.4 is 10.0 Å². The van der Waals surface area contributed by atoms with Crippen molar-refractivity contribution < 1.29 is 8.42 Å². The van der Waals surface area contributed by atoms with Crippen LogP contribution in [-0.4, -0.2) is 32.7 Å². The lowest BCUT2D eigenvalue weighted by atomic mass is 10.3. The molecule has 1 aromatic rings. The van der Waals surface area contributed by atoms with Gasteiger partial charge < -0.3 is 5.32 Å². The number of nitrogens with zero attached hydrogens (tertiary/aromatic N) is 1. The van der Waals surface area contributed by atoms with Gasteiger partial charge in [0.05, 0.1) is 17.6 Å². The van der Waals surface area contributed by atoms with E-state index in [0.29, 0.717) is 12.1 Å². The van der Waals surface area contributed by atoms with Crippen LogP contribution in [0.3, 0.4) is 0 Å². The van der Waals surface area contributed by atoms with Gasteiger partial charge >= 0.3 is 0 Å². The lowest BCUT2D eigenvalue weighted by Crippen LogP contribution is -2.18. The van der Waals surface area contributed by atoms with E-state index in [0.717, 1.165) is 18.5 Å². The van der Waals surface area contributed by atoms with Crippen LogP contribution >= 0.6 is 0 Å². The van der Waals surface area contributed by atoms with E-state index >= 15 is 0 Å². The average molecular weight is 257 g/mol. The summed E-state index contributed by atoms with van der Waals surface area (Å²) in [4.78, 5) is 3.90. The number of hydrogen-bond acceptors (Lipinski definition) is 4. The fourth-order valence-corrected chi connectivity index (χ4v) is 2.62. The van der Waals surface area contributed by atoms with Crippen LogP contribution in [0, 0.1) is 6.92 Å². The smallest absolute Gasteiger partial charge is 0.232 e. The minimum Gasteiger partial charge on any atom is -0.320 e. The Morgan fingerprint density at radius 2 is 2.12 bits per heavy atom. The summed E-state index contributed by atoms with van der Waals surface area (Å²) in [5.41, 5.74) is 1.43. The molecule has 0 bridgehead atoms. The largest absolute Gasteiger partial charge is 0.320 e. The zero-order valence-corrected chi connectivity index (χ0v) is 11.0. The Hall–Kier alpha value is -1.14. The van der Waals surface area contributed by atoms with Crippen LogP contribution in [0.5, 0.6) is 0 Å². The maximum atomic E-state index is 11.8. The number of aryl methyl sites for hydroxylation is 1. The van der Waals surface area contributed by atoms with Gasteiger partial charge in [0.15, 0.2) is 0 Å². The third-order valence-electron chi connectivity index (χ3n) is 2.39. The molecule has 0 aliphatic carbocycles. The summed E-state index contributed by atoms with van der Waals surface area (Å²) >= 11 is 0. The standard InChI is InChI=1S/C11H19N3O2S/c1-10-5-7-13-9-11(10)14-17(15,16)8-4-3-6-12-2/h5,7,9,12,14H,3-4,6,8H2,1-2H3.